The second-order valence-electron chi connectivity index (χ2n) is 4.99. The fraction of sp³-hybridized carbons (Fsp3) is 0.533. The highest BCUT2D eigenvalue weighted by atomic mass is 16.5. The molecule has 0 unspecified atom stereocenters. The maximum atomic E-state index is 8.89. The Morgan fingerprint density at radius 2 is 1.95 bits per heavy atom. The fourth-order valence-corrected chi connectivity index (χ4v) is 1.91. The van der Waals surface area contributed by atoms with Crippen LogP contribution in [0.15, 0.2) is 24.3 Å². The molecular formula is C15H25N3O2. The van der Waals surface area contributed by atoms with Crippen LogP contribution < -0.4 is 10.5 Å². The first-order valence-corrected chi connectivity index (χ1v) is 6.96. The zero-order valence-corrected chi connectivity index (χ0v) is 12.3. The number of hydrogen-bond donors (Lipinski definition) is 3. The van der Waals surface area contributed by atoms with E-state index in [0.717, 1.165) is 25.3 Å². The Hall–Kier alpha value is -1.59. The van der Waals surface area contributed by atoms with E-state index in [9.17, 15) is 0 Å². The Labute approximate surface area is 120 Å². The van der Waals surface area contributed by atoms with Gasteiger partial charge in [0.05, 0.1) is 0 Å². The van der Waals surface area contributed by atoms with Gasteiger partial charge in [0.25, 0.3) is 0 Å². The quantitative estimate of drug-likeness (QED) is 0.472. The van der Waals surface area contributed by atoms with E-state index in [1.807, 2.05) is 12.1 Å². The summed E-state index contributed by atoms with van der Waals surface area (Å²) in [6.45, 7) is 6.80. The highest BCUT2D eigenvalue weighted by Gasteiger charge is 2.08. The molecule has 1 rings (SSSR count). The molecule has 5 nitrogen and oxygen atoms in total. The van der Waals surface area contributed by atoms with Crippen molar-refractivity contribution in [2.45, 2.75) is 26.3 Å². The molecule has 0 heterocycles. The molecule has 0 radical (unpaired) electrons. The maximum Gasteiger partial charge on any atom is 0.122 e. The first-order valence-electron chi connectivity index (χ1n) is 6.96. The van der Waals surface area contributed by atoms with Crippen molar-refractivity contribution < 1.29 is 9.84 Å². The molecule has 0 bridgehead atoms. The van der Waals surface area contributed by atoms with Crippen LogP contribution in [0.3, 0.4) is 0 Å². The third-order valence-electron chi connectivity index (χ3n) is 3.15. The van der Waals surface area contributed by atoms with Crippen molar-refractivity contribution in [3.05, 3.63) is 29.8 Å². The molecule has 112 valence electrons. The van der Waals surface area contributed by atoms with Gasteiger partial charge >= 0.3 is 0 Å². The van der Waals surface area contributed by atoms with Crippen LogP contribution in [0.1, 0.15) is 25.8 Å². The molecule has 0 spiro atoms. The van der Waals surface area contributed by atoms with Gasteiger partial charge in [-0.25, -0.2) is 0 Å². The predicted octanol–water partition coefficient (Wildman–Crippen LogP) is 1.44. The average Bonchev–Trinajstić information content (AvgIpc) is 2.42. The molecule has 0 saturated heterocycles. The number of hydrogen-bond acceptors (Lipinski definition) is 4. The van der Waals surface area contributed by atoms with E-state index in [1.165, 1.54) is 0 Å². The first-order chi connectivity index (χ1) is 9.54. The minimum Gasteiger partial charge on any atom is -0.492 e. The minimum atomic E-state index is 0.0616. The molecule has 1 aromatic carbocycles. The summed E-state index contributed by atoms with van der Waals surface area (Å²) in [6, 6.07) is 7.65. The summed E-state index contributed by atoms with van der Waals surface area (Å²) in [5, 5.41) is 16.2. The summed E-state index contributed by atoms with van der Waals surface area (Å²) in [5.74, 6) is 0.840. The Morgan fingerprint density at radius 1 is 1.30 bits per heavy atom. The largest absolute Gasteiger partial charge is 0.492 e. The van der Waals surface area contributed by atoms with Gasteiger partial charge in [0.2, 0.25) is 0 Å². The van der Waals surface area contributed by atoms with Crippen LogP contribution in [0, 0.1) is 5.41 Å². The topological polar surface area (TPSA) is 82.6 Å². The molecule has 0 fully saturated rings. The van der Waals surface area contributed by atoms with Gasteiger partial charge in [-0.05, 0) is 44.5 Å². The normalized spacial score (nSPS) is 11.1. The lowest BCUT2D eigenvalue weighted by Crippen LogP contribution is -2.35. The van der Waals surface area contributed by atoms with Crippen molar-refractivity contribution in [1.82, 2.24) is 4.90 Å². The SMILES string of the molecule is CC(C)N(CCCO)CCOc1ccc(C(=N)N)cc1. The lowest BCUT2D eigenvalue weighted by Gasteiger charge is -2.26. The van der Waals surface area contributed by atoms with Crippen molar-refractivity contribution in [3.8, 4) is 5.75 Å². The standard InChI is InChI=1S/C15H25N3O2/c1-12(2)18(8-3-10-19)9-11-20-14-6-4-13(5-7-14)15(16)17/h4-7,12,19H,3,8-11H2,1-2H3,(H3,16,17). The predicted molar refractivity (Wildman–Crippen MR) is 81.4 cm³/mol. The van der Waals surface area contributed by atoms with Crippen LogP contribution in [0.2, 0.25) is 0 Å². The first kappa shape index (κ1) is 16.5. The third kappa shape index (κ3) is 5.59. The van der Waals surface area contributed by atoms with Crippen molar-refractivity contribution in [2.24, 2.45) is 5.73 Å². The summed E-state index contributed by atoms with van der Waals surface area (Å²) in [4.78, 5) is 2.28. The van der Waals surface area contributed by atoms with E-state index in [1.54, 1.807) is 12.1 Å². The molecule has 0 saturated carbocycles. The molecule has 1 aromatic rings. The number of benzene rings is 1. The summed E-state index contributed by atoms with van der Waals surface area (Å²) >= 11 is 0. The van der Waals surface area contributed by atoms with Gasteiger partial charge in [-0.3, -0.25) is 10.3 Å². The van der Waals surface area contributed by atoms with E-state index in [4.69, 9.17) is 21.0 Å². The number of nitrogens with zero attached hydrogens (tertiary/aromatic N) is 1. The van der Waals surface area contributed by atoms with Crippen LogP contribution in [-0.4, -0.2) is 48.2 Å². The van der Waals surface area contributed by atoms with E-state index < -0.39 is 0 Å². The van der Waals surface area contributed by atoms with Crippen molar-refractivity contribution in [3.63, 3.8) is 0 Å². The second kappa shape index (κ2) is 8.55. The van der Waals surface area contributed by atoms with Crippen LogP contribution in [0.25, 0.3) is 0 Å². The number of nitrogens with one attached hydrogen (secondary N) is 1. The van der Waals surface area contributed by atoms with Crippen LogP contribution in [-0.2, 0) is 0 Å². The molecule has 4 N–H and O–H groups in total. The van der Waals surface area contributed by atoms with Crippen LogP contribution >= 0.6 is 0 Å². The van der Waals surface area contributed by atoms with E-state index >= 15 is 0 Å². The van der Waals surface area contributed by atoms with E-state index in [-0.39, 0.29) is 12.4 Å². The summed E-state index contributed by atoms with van der Waals surface area (Å²) in [6.07, 6.45) is 0.783. The number of rotatable bonds is 9. The van der Waals surface area contributed by atoms with Crippen molar-refractivity contribution in [2.75, 3.05) is 26.3 Å². The Morgan fingerprint density at radius 3 is 2.45 bits per heavy atom. The van der Waals surface area contributed by atoms with Gasteiger partial charge in [-0.2, -0.15) is 0 Å². The average molecular weight is 279 g/mol. The molecule has 5 heteroatoms. The molecule has 0 amide bonds. The van der Waals surface area contributed by atoms with Crippen LogP contribution in [0.5, 0.6) is 5.75 Å². The fourth-order valence-electron chi connectivity index (χ4n) is 1.91. The van der Waals surface area contributed by atoms with Crippen molar-refractivity contribution >= 4 is 5.84 Å². The smallest absolute Gasteiger partial charge is 0.122 e. The Balaban J connectivity index is 2.40. The lowest BCUT2D eigenvalue weighted by atomic mass is 10.2. The van der Waals surface area contributed by atoms with Gasteiger partial charge in [0, 0.05) is 31.3 Å². The van der Waals surface area contributed by atoms with Crippen LogP contribution in [0.4, 0.5) is 0 Å². The van der Waals surface area contributed by atoms with Gasteiger partial charge < -0.3 is 15.6 Å². The lowest BCUT2D eigenvalue weighted by molar-refractivity contribution is 0.160. The number of nitrogens with two attached hydrogens (primary N) is 1. The molecule has 0 aliphatic carbocycles. The Kier molecular flexibility index (Phi) is 7.04. The third-order valence-corrected chi connectivity index (χ3v) is 3.15. The molecule has 20 heavy (non-hydrogen) atoms. The van der Waals surface area contributed by atoms with Gasteiger partial charge in [-0.15, -0.1) is 0 Å². The highest BCUT2D eigenvalue weighted by Crippen LogP contribution is 2.12. The molecule has 0 aliphatic heterocycles. The molecular weight excluding hydrogens is 254 g/mol. The van der Waals surface area contributed by atoms with Crippen molar-refractivity contribution in [1.29, 1.82) is 5.41 Å². The molecule has 0 aliphatic rings. The number of amidine groups is 1. The Bertz CT molecular complexity index is 404. The maximum absolute atomic E-state index is 8.89. The summed E-state index contributed by atoms with van der Waals surface area (Å²) in [5.41, 5.74) is 6.10. The summed E-state index contributed by atoms with van der Waals surface area (Å²) in [7, 11) is 0. The number of aliphatic hydroxyl groups excluding tert-OH is 1. The minimum absolute atomic E-state index is 0.0616. The van der Waals surface area contributed by atoms with Gasteiger partial charge in [0.15, 0.2) is 0 Å². The monoisotopic (exact) mass is 279 g/mol. The van der Waals surface area contributed by atoms with Gasteiger partial charge in [0.1, 0.15) is 18.2 Å². The second-order valence-corrected chi connectivity index (χ2v) is 4.99. The van der Waals surface area contributed by atoms with E-state index in [0.29, 0.717) is 18.2 Å². The molecule has 0 atom stereocenters. The summed E-state index contributed by atoms with van der Waals surface area (Å²) < 4.78 is 5.69. The number of aliphatic hydroxyl groups is 1. The zero-order chi connectivity index (χ0) is 15.0. The number of ether oxygens (including phenoxy) is 1. The van der Waals surface area contributed by atoms with Gasteiger partial charge in [-0.1, -0.05) is 0 Å². The molecule has 0 aromatic heterocycles. The van der Waals surface area contributed by atoms with E-state index in [2.05, 4.69) is 18.7 Å². The number of nitrogen functional groups attached to an aromatic ring is 1. The zero-order valence-electron chi connectivity index (χ0n) is 12.3. The highest BCUT2D eigenvalue weighted by molar-refractivity contribution is 5.94.